The highest BCUT2D eigenvalue weighted by Crippen LogP contribution is 2.23. The van der Waals surface area contributed by atoms with Crippen LogP contribution in [-0.2, 0) is 0 Å². The summed E-state index contributed by atoms with van der Waals surface area (Å²) in [4.78, 5) is 3.14. The number of fused-ring (bicyclic) bond motifs is 1. The second kappa shape index (κ2) is 5.89. The number of H-pyrrole nitrogens is 1. The molecular weight excluding hydrogens is 228 g/mol. The minimum absolute atomic E-state index is 0.290. The second-order valence-corrected chi connectivity index (χ2v) is 4.73. The number of aromatic nitrogens is 1. The van der Waals surface area contributed by atoms with Crippen LogP contribution in [-0.4, -0.2) is 35.4 Å². The fourth-order valence-corrected chi connectivity index (χ4v) is 1.79. The highest BCUT2D eigenvalue weighted by atomic mass is 16.5. The maximum Gasteiger partial charge on any atom is 0.143 e. The van der Waals surface area contributed by atoms with Crippen LogP contribution >= 0.6 is 0 Å². The van der Waals surface area contributed by atoms with Gasteiger partial charge in [0, 0.05) is 24.2 Å². The molecule has 1 atom stereocenters. The number of aliphatic hydroxyl groups is 1. The van der Waals surface area contributed by atoms with Gasteiger partial charge in [-0.2, -0.15) is 0 Å². The van der Waals surface area contributed by atoms with E-state index in [0.717, 1.165) is 16.7 Å². The van der Waals surface area contributed by atoms with Gasteiger partial charge < -0.3 is 20.1 Å². The number of hydrogen-bond donors (Lipinski definition) is 3. The van der Waals surface area contributed by atoms with Crippen molar-refractivity contribution >= 4 is 10.9 Å². The lowest BCUT2D eigenvalue weighted by Gasteiger charge is -2.15. The van der Waals surface area contributed by atoms with Gasteiger partial charge in [0.1, 0.15) is 18.5 Å². The second-order valence-electron chi connectivity index (χ2n) is 4.73. The van der Waals surface area contributed by atoms with Crippen molar-refractivity contribution in [2.24, 2.45) is 0 Å². The average molecular weight is 248 g/mol. The lowest BCUT2D eigenvalue weighted by molar-refractivity contribution is 0.105. The first-order valence-corrected chi connectivity index (χ1v) is 6.27. The van der Waals surface area contributed by atoms with Crippen LogP contribution in [0.25, 0.3) is 10.9 Å². The summed E-state index contributed by atoms with van der Waals surface area (Å²) in [5.41, 5.74) is 0.974. The molecule has 0 aliphatic heterocycles. The minimum atomic E-state index is -0.502. The number of para-hydroxylation sites is 1. The predicted molar refractivity (Wildman–Crippen MR) is 72.9 cm³/mol. The van der Waals surface area contributed by atoms with Gasteiger partial charge in [-0.25, -0.2) is 0 Å². The molecule has 1 unspecified atom stereocenters. The van der Waals surface area contributed by atoms with Crippen LogP contribution in [0.1, 0.15) is 13.8 Å². The highest BCUT2D eigenvalue weighted by Gasteiger charge is 2.08. The summed E-state index contributed by atoms with van der Waals surface area (Å²) in [6, 6.07) is 8.24. The van der Waals surface area contributed by atoms with Gasteiger partial charge in [-0.05, 0) is 12.1 Å². The van der Waals surface area contributed by atoms with Gasteiger partial charge in [0.15, 0.2) is 0 Å². The van der Waals surface area contributed by atoms with Gasteiger partial charge in [-0.1, -0.05) is 26.0 Å². The molecule has 18 heavy (non-hydrogen) atoms. The number of hydrogen-bond acceptors (Lipinski definition) is 3. The summed E-state index contributed by atoms with van der Waals surface area (Å²) in [6.45, 7) is 4.93. The molecule has 1 aromatic carbocycles. The third kappa shape index (κ3) is 3.24. The zero-order valence-corrected chi connectivity index (χ0v) is 10.8. The molecule has 0 radical (unpaired) electrons. The quantitative estimate of drug-likeness (QED) is 0.732. The van der Waals surface area contributed by atoms with Crippen molar-refractivity contribution in [3.05, 3.63) is 30.5 Å². The van der Waals surface area contributed by atoms with Crippen LogP contribution in [0.5, 0.6) is 5.75 Å². The molecule has 3 N–H and O–H groups in total. The topological polar surface area (TPSA) is 57.3 Å². The van der Waals surface area contributed by atoms with E-state index in [1.165, 1.54) is 0 Å². The maximum atomic E-state index is 9.78. The number of benzene rings is 1. The normalized spacial score (nSPS) is 13.1. The number of ether oxygens (including phenoxy) is 1. The molecule has 4 nitrogen and oxygen atoms in total. The van der Waals surface area contributed by atoms with E-state index >= 15 is 0 Å². The smallest absolute Gasteiger partial charge is 0.143 e. The largest absolute Gasteiger partial charge is 0.489 e. The molecular formula is C14H20N2O2. The molecule has 4 heteroatoms. The Morgan fingerprint density at radius 1 is 1.33 bits per heavy atom. The molecule has 0 bridgehead atoms. The lowest BCUT2D eigenvalue weighted by atomic mass is 10.2. The molecule has 98 valence electrons. The summed E-state index contributed by atoms with van der Waals surface area (Å²) in [5.74, 6) is 0.779. The molecule has 0 aliphatic rings. The van der Waals surface area contributed by atoms with E-state index < -0.39 is 6.10 Å². The standard InChI is InChI=1S/C14H20N2O2/c1-10(2)16-8-12(17)9-18-13-5-3-4-11-6-7-15-14(11)13/h3-7,10,12,15-17H,8-9H2,1-2H3. The van der Waals surface area contributed by atoms with Crippen molar-refractivity contribution in [1.29, 1.82) is 0 Å². The first-order chi connectivity index (χ1) is 8.66. The molecule has 1 aromatic heterocycles. The Bertz CT molecular complexity index is 493. The molecule has 0 amide bonds. The van der Waals surface area contributed by atoms with E-state index in [-0.39, 0.29) is 6.61 Å². The third-order valence-corrected chi connectivity index (χ3v) is 2.74. The Kier molecular flexibility index (Phi) is 4.23. The van der Waals surface area contributed by atoms with Crippen molar-refractivity contribution in [1.82, 2.24) is 10.3 Å². The molecule has 0 saturated heterocycles. The first kappa shape index (κ1) is 12.9. The fraction of sp³-hybridized carbons (Fsp3) is 0.429. The third-order valence-electron chi connectivity index (χ3n) is 2.74. The van der Waals surface area contributed by atoms with E-state index in [2.05, 4.69) is 10.3 Å². The molecule has 0 fully saturated rings. The zero-order chi connectivity index (χ0) is 13.0. The van der Waals surface area contributed by atoms with Crippen LogP contribution in [0.4, 0.5) is 0 Å². The summed E-state index contributed by atoms with van der Waals surface area (Å²) >= 11 is 0. The van der Waals surface area contributed by atoms with Crippen molar-refractivity contribution in [3.8, 4) is 5.75 Å². The van der Waals surface area contributed by atoms with E-state index in [4.69, 9.17) is 4.74 Å². The predicted octanol–water partition coefficient (Wildman–Crippen LogP) is 1.91. The summed E-state index contributed by atoms with van der Waals surface area (Å²) in [5, 5.41) is 14.1. The Balaban J connectivity index is 1.91. The van der Waals surface area contributed by atoms with Crippen molar-refractivity contribution < 1.29 is 9.84 Å². The Labute approximate surface area is 107 Å². The molecule has 0 spiro atoms. The summed E-state index contributed by atoms with van der Waals surface area (Å²) < 4.78 is 5.65. The van der Waals surface area contributed by atoms with Crippen molar-refractivity contribution in [2.75, 3.05) is 13.2 Å². The number of nitrogens with one attached hydrogen (secondary N) is 2. The van der Waals surface area contributed by atoms with Crippen LogP contribution in [0.3, 0.4) is 0 Å². The number of aromatic amines is 1. The van der Waals surface area contributed by atoms with Crippen LogP contribution in [0.2, 0.25) is 0 Å². The summed E-state index contributed by atoms with van der Waals surface area (Å²) in [7, 11) is 0. The molecule has 2 rings (SSSR count). The molecule has 0 saturated carbocycles. The number of rotatable bonds is 6. The molecule has 2 aromatic rings. The van der Waals surface area contributed by atoms with Gasteiger partial charge in [0.25, 0.3) is 0 Å². The SMILES string of the molecule is CC(C)NCC(O)COc1cccc2cc[nH]c12. The van der Waals surface area contributed by atoms with Crippen molar-refractivity contribution in [2.45, 2.75) is 26.0 Å². The summed E-state index contributed by atoms with van der Waals surface area (Å²) in [6.07, 6.45) is 1.38. The molecule has 0 aliphatic carbocycles. The van der Waals surface area contributed by atoms with E-state index in [0.29, 0.717) is 12.6 Å². The minimum Gasteiger partial charge on any atom is -0.489 e. The van der Waals surface area contributed by atoms with E-state index in [1.54, 1.807) is 0 Å². The number of aliphatic hydroxyl groups excluding tert-OH is 1. The monoisotopic (exact) mass is 248 g/mol. The van der Waals surface area contributed by atoms with Gasteiger partial charge in [0.2, 0.25) is 0 Å². The van der Waals surface area contributed by atoms with Gasteiger partial charge in [0.05, 0.1) is 5.52 Å². The lowest BCUT2D eigenvalue weighted by Crippen LogP contribution is -2.35. The van der Waals surface area contributed by atoms with Crippen LogP contribution < -0.4 is 10.1 Å². The van der Waals surface area contributed by atoms with Gasteiger partial charge in [-0.3, -0.25) is 0 Å². The fourth-order valence-electron chi connectivity index (χ4n) is 1.79. The first-order valence-electron chi connectivity index (χ1n) is 6.27. The Morgan fingerprint density at radius 3 is 2.94 bits per heavy atom. The van der Waals surface area contributed by atoms with Gasteiger partial charge in [-0.15, -0.1) is 0 Å². The Hall–Kier alpha value is -1.52. The zero-order valence-electron chi connectivity index (χ0n) is 10.8. The average Bonchev–Trinajstić information content (AvgIpc) is 2.82. The van der Waals surface area contributed by atoms with Crippen LogP contribution in [0, 0.1) is 0 Å². The van der Waals surface area contributed by atoms with E-state index in [9.17, 15) is 5.11 Å². The van der Waals surface area contributed by atoms with Crippen molar-refractivity contribution in [3.63, 3.8) is 0 Å². The van der Waals surface area contributed by atoms with Gasteiger partial charge >= 0.3 is 0 Å². The maximum absolute atomic E-state index is 9.78. The Morgan fingerprint density at radius 2 is 2.17 bits per heavy atom. The van der Waals surface area contributed by atoms with E-state index in [1.807, 2.05) is 44.3 Å². The molecule has 1 heterocycles. The highest BCUT2D eigenvalue weighted by molar-refractivity contribution is 5.85. The van der Waals surface area contributed by atoms with Crippen LogP contribution in [0.15, 0.2) is 30.5 Å².